The van der Waals surface area contributed by atoms with Crippen LogP contribution in [0.4, 0.5) is 13.2 Å². The first kappa shape index (κ1) is 24.3. The lowest BCUT2D eigenvalue weighted by Crippen LogP contribution is -2.30. The second-order valence-corrected chi connectivity index (χ2v) is 9.15. The van der Waals surface area contributed by atoms with E-state index in [9.17, 15) is 18.0 Å². The molecule has 0 unspecified atom stereocenters. The SMILES string of the molecule is CN(Cc1ccco1)C(=O)CSc1nnc(CN2CCCCC2)n1-c1ccccc1C(F)(F)F. The molecule has 1 amide bonds. The smallest absolute Gasteiger partial charge is 0.418 e. The van der Waals surface area contributed by atoms with Gasteiger partial charge in [0.2, 0.25) is 5.91 Å². The molecule has 0 radical (unpaired) electrons. The molecule has 1 aliphatic heterocycles. The fraction of sp³-hybridized carbons (Fsp3) is 0.435. The molecule has 0 saturated carbocycles. The molecule has 7 nitrogen and oxygen atoms in total. The number of halogens is 3. The first-order chi connectivity index (χ1) is 16.3. The Hall–Kier alpha value is -2.79. The minimum atomic E-state index is -4.54. The maximum absolute atomic E-state index is 13.8. The zero-order valence-corrected chi connectivity index (χ0v) is 19.6. The minimum Gasteiger partial charge on any atom is -0.467 e. The Kier molecular flexibility index (Phi) is 7.62. The van der Waals surface area contributed by atoms with Crippen LogP contribution < -0.4 is 0 Å². The van der Waals surface area contributed by atoms with Gasteiger partial charge in [0.1, 0.15) is 5.76 Å². The average Bonchev–Trinajstić information content (AvgIpc) is 3.47. The summed E-state index contributed by atoms with van der Waals surface area (Å²) in [7, 11) is 1.65. The molecule has 1 aromatic carbocycles. The monoisotopic (exact) mass is 493 g/mol. The highest BCUT2D eigenvalue weighted by Gasteiger charge is 2.35. The molecule has 1 aliphatic rings. The number of rotatable bonds is 8. The molecule has 0 bridgehead atoms. The van der Waals surface area contributed by atoms with E-state index in [2.05, 4.69) is 15.1 Å². The lowest BCUT2D eigenvalue weighted by Gasteiger charge is -2.26. The van der Waals surface area contributed by atoms with Crippen molar-refractivity contribution in [2.45, 2.75) is 43.7 Å². The highest BCUT2D eigenvalue weighted by Crippen LogP contribution is 2.36. The van der Waals surface area contributed by atoms with E-state index in [0.29, 0.717) is 24.7 Å². The van der Waals surface area contributed by atoms with Crippen molar-refractivity contribution in [1.29, 1.82) is 0 Å². The van der Waals surface area contributed by atoms with Crippen LogP contribution in [0.2, 0.25) is 0 Å². The molecule has 182 valence electrons. The number of aromatic nitrogens is 3. The Morgan fingerprint density at radius 3 is 2.59 bits per heavy atom. The van der Waals surface area contributed by atoms with Crippen molar-refractivity contribution in [2.75, 3.05) is 25.9 Å². The summed E-state index contributed by atoms with van der Waals surface area (Å²) in [6.07, 6.45) is 0.239. The summed E-state index contributed by atoms with van der Waals surface area (Å²) in [6, 6.07) is 8.91. The van der Waals surface area contributed by atoms with Gasteiger partial charge in [0.25, 0.3) is 0 Å². The van der Waals surface area contributed by atoms with E-state index in [4.69, 9.17) is 4.42 Å². The zero-order valence-electron chi connectivity index (χ0n) is 18.8. The number of piperidine rings is 1. The molecule has 0 N–H and O–H groups in total. The van der Waals surface area contributed by atoms with E-state index >= 15 is 0 Å². The van der Waals surface area contributed by atoms with Crippen LogP contribution in [-0.2, 0) is 24.1 Å². The largest absolute Gasteiger partial charge is 0.467 e. The van der Waals surface area contributed by atoms with E-state index in [-0.39, 0.29) is 22.5 Å². The van der Waals surface area contributed by atoms with E-state index in [1.165, 1.54) is 27.9 Å². The lowest BCUT2D eigenvalue weighted by atomic mass is 10.1. The Labute approximate surface area is 199 Å². The number of para-hydroxylation sites is 1. The summed E-state index contributed by atoms with van der Waals surface area (Å²) in [4.78, 5) is 16.3. The molecule has 2 aromatic heterocycles. The van der Waals surface area contributed by atoms with Gasteiger partial charge in [-0.3, -0.25) is 14.3 Å². The molecule has 1 saturated heterocycles. The van der Waals surface area contributed by atoms with Gasteiger partial charge in [-0.2, -0.15) is 13.2 Å². The fourth-order valence-corrected chi connectivity index (χ4v) is 4.83. The maximum atomic E-state index is 13.8. The van der Waals surface area contributed by atoms with Crippen molar-refractivity contribution in [3.05, 3.63) is 59.8 Å². The number of amides is 1. The molecule has 0 atom stereocenters. The summed E-state index contributed by atoms with van der Waals surface area (Å²) in [6.45, 7) is 2.43. The fourth-order valence-electron chi connectivity index (χ4n) is 3.92. The Morgan fingerprint density at radius 2 is 1.88 bits per heavy atom. The first-order valence-electron chi connectivity index (χ1n) is 11.1. The molecular weight excluding hydrogens is 467 g/mol. The standard InChI is InChI=1S/C23H26F3N5O2S/c1-29(14-17-8-7-13-33-17)21(32)16-34-22-28-27-20(15-30-11-5-2-6-12-30)31(22)19-10-4-3-9-18(19)23(24,25)26/h3-4,7-10,13H,2,5-6,11-12,14-16H2,1H3. The number of carbonyl (C=O) groups is 1. The maximum Gasteiger partial charge on any atom is 0.418 e. The highest BCUT2D eigenvalue weighted by molar-refractivity contribution is 7.99. The third-order valence-corrected chi connectivity index (χ3v) is 6.60. The third-order valence-electron chi connectivity index (χ3n) is 5.69. The number of hydrogen-bond acceptors (Lipinski definition) is 6. The molecular formula is C23H26F3N5O2S. The highest BCUT2D eigenvalue weighted by atomic mass is 32.2. The van der Waals surface area contributed by atoms with Crippen molar-refractivity contribution in [3.8, 4) is 5.69 Å². The number of furan rings is 1. The van der Waals surface area contributed by atoms with Gasteiger partial charge in [0.15, 0.2) is 11.0 Å². The number of nitrogens with zero attached hydrogens (tertiary/aromatic N) is 5. The van der Waals surface area contributed by atoms with Gasteiger partial charge in [-0.25, -0.2) is 0 Å². The van der Waals surface area contributed by atoms with Gasteiger partial charge in [-0.05, 0) is 50.2 Å². The topological polar surface area (TPSA) is 67.4 Å². The van der Waals surface area contributed by atoms with Crippen LogP contribution in [0.15, 0.2) is 52.2 Å². The van der Waals surface area contributed by atoms with Gasteiger partial charge in [0, 0.05) is 7.05 Å². The van der Waals surface area contributed by atoms with E-state index in [1.54, 1.807) is 25.2 Å². The van der Waals surface area contributed by atoms with Crippen molar-refractivity contribution in [2.24, 2.45) is 0 Å². The number of alkyl halides is 3. The van der Waals surface area contributed by atoms with Crippen LogP contribution in [0, 0.1) is 0 Å². The number of carbonyl (C=O) groups excluding carboxylic acids is 1. The number of thioether (sulfide) groups is 1. The predicted octanol–water partition coefficient (Wildman–Crippen LogP) is 4.62. The van der Waals surface area contributed by atoms with Gasteiger partial charge in [-0.1, -0.05) is 30.3 Å². The molecule has 11 heteroatoms. The molecule has 3 heterocycles. The molecule has 0 aliphatic carbocycles. The summed E-state index contributed by atoms with van der Waals surface area (Å²) in [5, 5.41) is 8.67. The van der Waals surface area contributed by atoms with Crippen LogP contribution in [0.25, 0.3) is 5.69 Å². The predicted molar refractivity (Wildman–Crippen MR) is 121 cm³/mol. The molecule has 4 rings (SSSR count). The van der Waals surface area contributed by atoms with Crippen LogP contribution in [0.5, 0.6) is 0 Å². The molecule has 1 fully saturated rings. The Morgan fingerprint density at radius 1 is 1.12 bits per heavy atom. The van der Waals surface area contributed by atoms with E-state index < -0.39 is 11.7 Å². The van der Waals surface area contributed by atoms with Crippen LogP contribution >= 0.6 is 11.8 Å². The lowest BCUT2D eigenvalue weighted by molar-refractivity contribution is -0.137. The third kappa shape index (κ3) is 5.82. The number of benzene rings is 1. The van der Waals surface area contributed by atoms with Gasteiger partial charge < -0.3 is 9.32 Å². The summed E-state index contributed by atoms with van der Waals surface area (Å²) in [5.41, 5.74) is -0.802. The van der Waals surface area contributed by atoms with E-state index in [1.807, 2.05) is 0 Å². The molecule has 34 heavy (non-hydrogen) atoms. The molecule has 3 aromatic rings. The van der Waals surface area contributed by atoms with Crippen molar-refractivity contribution < 1.29 is 22.4 Å². The normalized spacial score (nSPS) is 14.9. The molecule has 0 spiro atoms. The van der Waals surface area contributed by atoms with Crippen LogP contribution in [0.3, 0.4) is 0 Å². The second kappa shape index (κ2) is 10.6. The average molecular weight is 494 g/mol. The van der Waals surface area contributed by atoms with Gasteiger partial charge >= 0.3 is 6.18 Å². The number of likely N-dealkylation sites (tertiary alicyclic amines) is 1. The number of hydrogen-bond donors (Lipinski definition) is 0. The summed E-state index contributed by atoms with van der Waals surface area (Å²) in [5.74, 6) is 0.884. The Bertz CT molecular complexity index is 1090. The zero-order chi connectivity index (χ0) is 24.1. The van der Waals surface area contributed by atoms with Gasteiger partial charge in [-0.15, -0.1) is 10.2 Å². The summed E-state index contributed by atoms with van der Waals surface area (Å²) >= 11 is 1.07. The summed E-state index contributed by atoms with van der Waals surface area (Å²) < 4.78 is 48.2. The van der Waals surface area contributed by atoms with Crippen LogP contribution in [-0.4, -0.2) is 56.4 Å². The van der Waals surface area contributed by atoms with Gasteiger partial charge in [0.05, 0.1) is 36.4 Å². The Balaban J connectivity index is 1.59. The quantitative estimate of drug-likeness (QED) is 0.427. The van der Waals surface area contributed by atoms with Crippen LogP contribution in [0.1, 0.15) is 36.4 Å². The second-order valence-electron chi connectivity index (χ2n) is 8.20. The van der Waals surface area contributed by atoms with E-state index in [0.717, 1.165) is 50.2 Å². The first-order valence-corrected chi connectivity index (χ1v) is 12.0. The van der Waals surface area contributed by atoms with Crippen molar-refractivity contribution in [3.63, 3.8) is 0 Å². The van der Waals surface area contributed by atoms with Crippen molar-refractivity contribution in [1.82, 2.24) is 24.6 Å². The minimum absolute atomic E-state index is 0.00718. The van der Waals surface area contributed by atoms with Crippen molar-refractivity contribution >= 4 is 17.7 Å².